The van der Waals surface area contributed by atoms with Gasteiger partial charge in [0, 0.05) is 25.7 Å². The molecule has 0 saturated heterocycles. The van der Waals surface area contributed by atoms with Crippen LogP contribution in [0.3, 0.4) is 0 Å². The summed E-state index contributed by atoms with van der Waals surface area (Å²) in [6, 6.07) is 0. The zero-order valence-electron chi connectivity index (χ0n) is 38.2. The lowest BCUT2D eigenvalue weighted by atomic mass is 10.0. The molecular weight excluding hydrogens is 705 g/mol. The molecule has 332 valence electrons. The predicted molar refractivity (Wildman–Crippen MR) is 232 cm³/mol. The van der Waals surface area contributed by atoms with E-state index in [1.165, 1.54) is 77.0 Å². The SMILES string of the molecule is CC(C)CCCCCCCOC(=O)CCCCC(=O)OCCCCCCCC(C)C.CCCCC(CC)COC(=O)CCCCC(=O)OCC(CC)CCCC. The fraction of sp³-hybridized carbons (Fsp3) is 0.917. The standard InChI is InChI=1S/C26H50O4.C22H42O4/c1-23(2)17-11-7-5-9-15-21-29-25(27)19-13-14-20-26(28)30-22-16-10-6-8-12-18-24(3)4;1-5-9-13-19(7-3)17-25-21(23)15-11-12-16-22(24)26-18-20(8-4)14-10-6-2/h23-24H,5-22H2,1-4H3;19-20H,5-18H2,1-4H3. The first-order valence-electron chi connectivity index (χ1n) is 23.6. The van der Waals surface area contributed by atoms with Crippen molar-refractivity contribution in [3.05, 3.63) is 0 Å². The Labute approximate surface area is 346 Å². The molecule has 0 aromatic heterocycles. The van der Waals surface area contributed by atoms with Crippen molar-refractivity contribution in [1.82, 2.24) is 0 Å². The van der Waals surface area contributed by atoms with E-state index in [1.807, 2.05) is 0 Å². The Morgan fingerprint density at radius 1 is 0.357 bits per heavy atom. The van der Waals surface area contributed by atoms with Gasteiger partial charge in [-0.15, -0.1) is 0 Å². The quantitative estimate of drug-likeness (QED) is 0.0345. The normalized spacial score (nSPS) is 12.2. The van der Waals surface area contributed by atoms with Gasteiger partial charge in [-0.2, -0.15) is 0 Å². The van der Waals surface area contributed by atoms with Gasteiger partial charge in [0.1, 0.15) is 0 Å². The van der Waals surface area contributed by atoms with Crippen LogP contribution in [0.4, 0.5) is 0 Å². The number of unbranched alkanes of at least 4 members (excludes halogenated alkanes) is 12. The van der Waals surface area contributed by atoms with E-state index in [9.17, 15) is 19.2 Å². The summed E-state index contributed by atoms with van der Waals surface area (Å²) in [5.41, 5.74) is 0. The van der Waals surface area contributed by atoms with Crippen molar-refractivity contribution in [3.63, 3.8) is 0 Å². The van der Waals surface area contributed by atoms with Gasteiger partial charge in [0.15, 0.2) is 0 Å². The van der Waals surface area contributed by atoms with Crippen LogP contribution >= 0.6 is 0 Å². The largest absolute Gasteiger partial charge is 0.466 e. The first-order valence-corrected chi connectivity index (χ1v) is 23.6. The molecule has 0 aromatic carbocycles. The van der Waals surface area contributed by atoms with Gasteiger partial charge < -0.3 is 18.9 Å². The molecule has 0 aromatic rings. The summed E-state index contributed by atoms with van der Waals surface area (Å²) in [4.78, 5) is 47.0. The number of rotatable bonds is 38. The molecule has 0 aliphatic carbocycles. The summed E-state index contributed by atoms with van der Waals surface area (Å²) in [6.07, 6.45) is 27.9. The maximum Gasteiger partial charge on any atom is 0.305 e. The number of hydrogen-bond acceptors (Lipinski definition) is 8. The van der Waals surface area contributed by atoms with Gasteiger partial charge in [0.2, 0.25) is 0 Å². The second kappa shape index (κ2) is 42.5. The summed E-state index contributed by atoms with van der Waals surface area (Å²) in [7, 11) is 0. The monoisotopic (exact) mass is 797 g/mol. The third-order valence-electron chi connectivity index (χ3n) is 10.4. The third kappa shape index (κ3) is 43.0. The van der Waals surface area contributed by atoms with Crippen molar-refractivity contribution in [3.8, 4) is 0 Å². The van der Waals surface area contributed by atoms with Crippen molar-refractivity contribution in [2.45, 2.75) is 235 Å². The fourth-order valence-corrected chi connectivity index (χ4v) is 6.33. The van der Waals surface area contributed by atoms with Crippen LogP contribution in [-0.2, 0) is 38.1 Å². The summed E-state index contributed by atoms with van der Waals surface area (Å²) < 4.78 is 21.3. The van der Waals surface area contributed by atoms with Gasteiger partial charge in [0.05, 0.1) is 26.4 Å². The van der Waals surface area contributed by atoms with E-state index in [1.54, 1.807) is 0 Å². The molecule has 8 heteroatoms. The minimum Gasteiger partial charge on any atom is -0.466 e. The Kier molecular flexibility index (Phi) is 42.5. The number of carbonyl (C=O) groups is 4. The molecule has 0 aliphatic rings. The lowest BCUT2D eigenvalue weighted by Crippen LogP contribution is -2.15. The maximum absolute atomic E-state index is 11.8. The highest BCUT2D eigenvalue weighted by atomic mass is 16.5. The van der Waals surface area contributed by atoms with E-state index in [4.69, 9.17) is 18.9 Å². The molecule has 0 fully saturated rings. The highest BCUT2D eigenvalue weighted by Gasteiger charge is 2.13. The Bertz CT molecular complexity index is 830. The van der Waals surface area contributed by atoms with Crippen LogP contribution in [0.25, 0.3) is 0 Å². The molecule has 8 nitrogen and oxygen atoms in total. The summed E-state index contributed by atoms with van der Waals surface area (Å²) in [5.74, 6) is 1.99. The van der Waals surface area contributed by atoms with E-state index < -0.39 is 0 Å². The van der Waals surface area contributed by atoms with Crippen LogP contribution in [0.15, 0.2) is 0 Å². The molecule has 2 atom stereocenters. The van der Waals surface area contributed by atoms with Gasteiger partial charge in [-0.1, -0.05) is 158 Å². The number of esters is 4. The smallest absolute Gasteiger partial charge is 0.305 e. The van der Waals surface area contributed by atoms with Crippen molar-refractivity contribution in [1.29, 1.82) is 0 Å². The first-order chi connectivity index (χ1) is 27.0. The molecule has 0 N–H and O–H groups in total. The van der Waals surface area contributed by atoms with Gasteiger partial charge in [-0.3, -0.25) is 19.2 Å². The van der Waals surface area contributed by atoms with Gasteiger partial charge in [0.25, 0.3) is 0 Å². The van der Waals surface area contributed by atoms with Crippen LogP contribution in [0.1, 0.15) is 235 Å². The van der Waals surface area contributed by atoms with E-state index in [0.29, 0.717) is 89.6 Å². The van der Waals surface area contributed by atoms with E-state index in [-0.39, 0.29) is 23.9 Å². The minimum atomic E-state index is -0.140. The van der Waals surface area contributed by atoms with Crippen LogP contribution in [-0.4, -0.2) is 50.3 Å². The van der Waals surface area contributed by atoms with E-state index in [0.717, 1.165) is 63.2 Å². The Balaban J connectivity index is 0. The molecule has 0 radical (unpaired) electrons. The predicted octanol–water partition coefficient (Wildman–Crippen LogP) is 13.7. The summed E-state index contributed by atoms with van der Waals surface area (Å²) >= 11 is 0. The molecule has 0 spiro atoms. The van der Waals surface area contributed by atoms with Gasteiger partial charge in [-0.25, -0.2) is 0 Å². The van der Waals surface area contributed by atoms with Crippen molar-refractivity contribution in [2.75, 3.05) is 26.4 Å². The van der Waals surface area contributed by atoms with Crippen molar-refractivity contribution in [2.24, 2.45) is 23.7 Å². The molecule has 56 heavy (non-hydrogen) atoms. The molecule has 0 aliphatic heterocycles. The fourth-order valence-electron chi connectivity index (χ4n) is 6.33. The zero-order chi connectivity index (χ0) is 42.1. The van der Waals surface area contributed by atoms with Crippen LogP contribution < -0.4 is 0 Å². The van der Waals surface area contributed by atoms with Crippen LogP contribution in [0, 0.1) is 23.7 Å². The lowest BCUT2D eigenvalue weighted by molar-refractivity contribution is -0.147. The molecular formula is C48H92O8. The molecule has 0 heterocycles. The second-order valence-electron chi connectivity index (χ2n) is 17.0. The van der Waals surface area contributed by atoms with Crippen LogP contribution in [0.5, 0.6) is 0 Å². The highest BCUT2D eigenvalue weighted by Crippen LogP contribution is 2.16. The summed E-state index contributed by atoms with van der Waals surface area (Å²) in [5, 5.41) is 0. The van der Waals surface area contributed by atoms with Crippen molar-refractivity contribution < 1.29 is 38.1 Å². The maximum atomic E-state index is 11.8. The first kappa shape index (κ1) is 56.0. The Morgan fingerprint density at radius 2 is 0.661 bits per heavy atom. The number of ether oxygens (including phenoxy) is 4. The zero-order valence-corrected chi connectivity index (χ0v) is 38.2. The molecule has 0 amide bonds. The average Bonchev–Trinajstić information content (AvgIpc) is 3.17. The topological polar surface area (TPSA) is 105 Å². The molecule has 0 rings (SSSR count). The number of hydrogen-bond donors (Lipinski definition) is 0. The second-order valence-corrected chi connectivity index (χ2v) is 17.0. The summed E-state index contributed by atoms with van der Waals surface area (Å²) in [6.45, 7) is 19.8. The highest BCUT2D eigenvalue weighted by molar-refractivity contribution is 5.71. The van der Waals surface area contributed by atoms with Gasteiger partial charge in [-0.05, 0) is 75.0 Å². The third-order valence-corrected chi connectivity index (χ3v) is 10.4. The molecule has 2 unspecified atom stereocenters. The van der Waals surface area contributed by atoms with E-state index >= 15 is 0 Å². The number of carbonyl (C=O) groups excluding carboxylic acids is 4. The minimum absolute atomic E-state index is 0.138. The van der Waals surface area contributed by atoms with Crippen LogP contribution in [0.2, 0.25) is 0 Å². The molecule has 0 saturated carbocycles. The average molecular weight is 797 g/mol. The molecule has 0 bridgehead atoms. The Hall–Kier alpha value is -2.12. The Morgan fingerprint density at radius 3 is 0.964 bits per heavy atom. The van der Waals surface area contributed by atoms with Gasteiger partial charge >= 0.3 is 23.9 Å². The van der Waals surface area contributed by atoms with Crippen molar-refractivity contribution >= 4 is 23.9 Å². The van der Waals surface area contributed by atoms with E-state index in [2.05, 4.69) is 55.4 Å². The lowest BCUT2D eigenvalue weighted by Gasteiger charge is -2.15.